The van der Waals surface area contributed by atoms with Crippen LogP contribution in [-0.4, -0.2) is 38.9 Å². The first-order valence-corrected chi connectivity index (χ1v) is 9.16. The summed E-state index contributed by atoms with van der Waals surface area (Å²) in [6.45, 7) is 0.175. The lowest BCUT2D eigenvalue weighted by molar-refractivity contribution is -0.385. The molecule has 0 radical (unpaired) electrons. The van der Waals surface area contributed by atoms with Crippen molar-refractivity contribution in [1.29, 1.82) is 0 Å². The Hall–Kier alpha value is -1.81. The first-order valence-electron chi connectivity index (χ1n) is 6.74. The molecule has 9 heteroatoms. The maximum atomic E-state index is 12.4. The molecule has 0 aliphatic rings. The van der Waals surface area contributed by atoms with Crippen molar-refractivity contribution in [2.45, 2.75) is 10.9 Å². The number of sulfonamides is 1. The lowest BCUT2D eigenvalue weighted by atomic mass is 10.1. The molecule has 23 heavy (non-hydrogen) atoms. The van der Waals surface area contributed by atoms with E-state index in [4.69, 9.17) is 0 Å². The Morgan fingerprint density at radius 1 is 1.35 bits per heavy atom. The van der Waals surface area contributed by atoms with Gasteiger partial charge in [-0.3, -0.25) is 10.1 Å². The monoisotopic (exact) mass is 355 g/mol. The molecule has 0 fully saturated rings. The van der Waals surface area contributed by atoms with Gasteiger partial charge in [0, 0.05) is 24.7 Å². The minimum absolute atomic E-state index is 0.116. The highest BCUT2D eigenvalue weighted by atomic mass is 32.2. The fourth-order valence-electron chi connectivity index (χ4n) is 2.10. The van der Waals surface area contributed by atoms with Crippen LogP contribution in [0.2, 0.25) is 0 Å². The molecule has 124 valence electrons. The standard InChI is InChI=1S/C14H17N3O4S2/c1-16(2)14(11-6-7-22-10-11)9-15-23(20,21)13-5-3-4-12(8-13)17(18)19/h3-8,10,14-15H,9H2,1-2H3. The molecule has 1 unspecified atom stereocenters. The van der Waals surface area contributed by atoms with Crippen molar-refractivity contribution in [3.05, 3.63) is 56.8 Å². The molecule has 1 aromatic carbocycles. The molecule has 0 spiro atoms. The van der Waals surface area contributed by atoms with E-state index in [1.54, 1.807) is 11.3 Å². The van der Waals surface area contributed by atoms with Gasteiger partial charge in [0.1, 0.15) is 0 Å². The first-order chi connectivity index (χ1) is 10.8. The van der Waals surface area contributed by atoms with Crippen LogP contribution in [0.1, 0.15) is 11.6 Å². The number of benzene rings is 1. The average Bonchev–Trinajstić information content (AvgIpc) is 3.01. The molecule has 1 atom stereocenters. The number of thiophene rings is 1. The third-order valence-corrected chi connectivity index (χ3v) is 5.48. The summed E-state index contributed by atoms with van der Waals surface area (Å²) in [7, 11) is -0.0835. The zero-order valence-electron chi connectivity index (χ0n) is 12.7. The summed E-state index contributed by atoms with van der Waals surface area (Å²) >= 11 is 1.54. The van der Waals surface area contributed by atoms with Crippen LogP contribution in [0.5, 0.6) is 0 Å². The van der Waals surface area contributed by atoms with Crippen molar-refractivity contribution in [2.24, 2.45) is 0 Å². The summed E-state index contributed by atoms with van der Waals surface area (Å²) in [5.41, 5.74) is 0.761. The quantitative estimate of drug-likeness (QED) is 0.607. The van der Waals surface area contributed by atoms with E-state index < -0.39 is 14.9 Å². The molecule has 7 nitrogen and oxygen atoms in total. The van der Waals surface area contributed by atoms with Gasteiger partial charge >= 0.3 is 0 Å². The van der Waals surface area contributed by atoms with Crippen molar-refractivity contribution in [1.82, 2.24) is 9.62 Å². The van der Waals surface area contributed by atoms with E-state index in [1.165, 1.54) is 18.2 Å². The molecule has 1 N–H and O–H groups in total. The summed E-state index contributed by atoms with van der Waals surface area (Å²) in [5, 5.41) is 14.7. The van der Waals surface area contributed by atoms with Gasteiger partial charge in [0.15, 0.2) is 0 Å². The van der Waals surface area contributed by atoms with Crippen molar-refractivity contribution in [3.63, 3.8) is 0 Å². The van der Waals surface area contributed by atoms with Crippen LogP contribution in [0, 0.1) is 10.1 Å². The summed E-state index contributed by atoms with van der Waals surface area (Å²) < 4.78 is 27.2. The number of hydrogen-bond acceptors (Lipinski definition) is 6. The summed E-state index contributed by atoms with van der Waals surface area (Å²) in [6, 6.07) is 6.83. The van der Waals surface area contributed by atoms with Crippen LogP contribution in [0.25, 0.3) is 0 Å². The van der Waals surface area contributed by atoms with E-state index >= 15 is 0 Å². The number of nitro groups is 1. The molecule has 0 saturated carbocycles. The van der Waals surface area contributed by atoms with Gasteiger partial charge in [-0.25, -0.2) is 13.1 Å². The molecule has 1 aromatic heterocycles. The van der Waals surface area contributed by atoms with Gasteiger partial charge in [0.2, 0.25) is 10.0 Å². The number of nitrogens with one attached hydrogen (secondary N) is 1. The van der Waals surface area contributed by atoms with Crippen LogP contribution < -0.4 is 4.72 Å². The summed E-state index contributed by atoms with van der Waals surface area (Å²) in [4.78, 5) is 12.0. The highest BCUT2D eigenvalue weighted by Crippen LogP contribution is 2.22. The lowest BCUT2D eigenvalue weighted by Crippen LogP contribution is -2.34. The third kappa shape index (κ3) is 4.35. The van der Waals surface area contributed by atoms with Crippen LogP contribution >= 0.6 is 11.3 Å². The molecule has 0 aliphatic heterocycles. The van der Waals surface area contributed by atoms with Gasteiger partial charge < -0.3 is 4.90 Å². The molecule has 1 heterocycles. The van der Waals surface area contributed by atoms with E-state index in [0.717, 1.165) is 11.6 Å². The topological polar surface area (TPSA) is 92.6 Å². The van der Waals surface area contributed by atoms with Gasteiger partial charge in [-0.2, -0.15) is 11.3 Å². The first kappa shape index (κ1) is 17.5. The van der Waals surface area contributed by atoms with Crippen molar-refractivity contribution in [3.8, 4) is 0 Å². The fourth-order valence-corrected chi connectivity index (χ4v) is 3.88. The number of non-ortho nitro benzene ring substituents is 1. The van der Waals surface area contributed by atoms with Crippen LogP contribution in [0.3, 0.4) is 0 Å². The number of rotatable bonds is 7. The van der Waals surface area contributed by atoms with Gasteiger partial charge in [-0.05, 0) is 42.6 Å². The molecule has 0 saturated heterocycles. The SMILES string of the molecule is CN(C)C(CNS(=O)(=O)c1cccc([N+](=O)[O-])c1)c1ccsc1. The maximum absolute atomic E-state index is 12.4. The molecule has 0 aliphatic carbocycles. The normalized spacial score (nSPS) is 13.2. The molecule has 0 amide bonds. The third-order valence-electron chi connectivity index (χ3n) is 3.36. The highest BCUT2D eigenvalue weighted by Gasteiger charge is 2.21. The Morgan fingerprint density at radius 3 is 2.65 bits per heavy atom. The van der Waals surface area contributed by atoms with Crippen molar-refractivity contribution >= 4 is 27.0 Å². The van der Waals surface area contributed by atoms with E-state index in [9.17, 15) is 18.5 Å². The van der Waals surface area contributed by atoms with Crippen LogP contribution in [0.15, 0.2) is 46.0 Å². The van der Waals surface area contributed by atoms with E-state index in [1.807, 2.05) is 35.8 Å². The zero-order chi connectivity index (χ0) is 17.0. The minimum atomic E-state index is -3.81. The van der Waals surface area contributed by atoms with E-state index in [-0.39, 0.29) is 23.2 Å². The summed E-state index contributed by atoms with van der Waals surface area (Å²) in [5.74, 6) is 0. The van der Waals surface area contributed by atoms with Crippen molar-refractivity contribution in [2.75, 3.05) is 20.6 Å². The second-order valence-corrected chi connectivity index (χ2v) is 7.69. The second kappa shape index (κ2) is 7.18. The van der Waals surface area contributed by atoms with Crippen LogP contribution in [0.4, 0.5) is 5.69 Å². The van der Waals surface area contributed by atoms with Gasteiger partial charge in [0.05, 0.1) is 9.82 Å². The Balaban J connectivity index is 2.18. The molecule has 2 rings (SSSR count). The molecular formula is C14H17N3O4S2. The number of hydrogen-bond donors (Lipinski definition) is 1. The predicted octanol–water partition coefficient (Wildman–Crippen LogP) is 2.24. The second-order valence-electron chi connectivity index (χ2n) is 5.14. The Labute approximate surface area is 138 Å². The molecule has 0 bridgehead atoms. The number of likely N-dealkylation sites (N-methyl/N-ethyl adjacent to an activating group) is 1. The van der Waals surface area contributed by atoms with Gasteiger partial charge in [-0.15, -0.1) is 0 Å². The Bertz CT molecular complexity index is 773. The van der Waals surface area contributed by atoms with Crippen LogP contribution in [-0.2, 0) is 10.0 Å². The zero-order valence-corrected chi connectivity index (χ0v) is 14.3. The molecular weight excluding hydrogens is 338 g/mol. The average molecular weight is 355 g/mol. The predicted molar refractivity (Wildman–Crippen MR) is 89.0 cm³/mol. The highest BCUT2D eigenvalue weighted by molar-refractivity contribution is 7.89. The number of nitrogens with zero attached hydrogens (tertiary/aromatic N) is 2. The maximum Gasteiger partial charge on any atom is 0.270 e. The Morgan fingerprint density at radius 2 is 2.09 bits per heavy atom. The van der Waals surface area contributed by atoms with Gasteiger partial charge in [-0.1, -0.05) is 6.07 Å². The largest absolute Gasteiger partial charge is 0.301 e. The smallest absolute Gasteiger partial charge is 0.270 e. The molecule has 2 aromatic rings. The van der Waals surface area contributed by atoms with E-state index in [0.29, 0.717) is 0 Å². The lowest BCUT2D eigenvalue weighted by Gasteiger charge is -2.23. The fraction of sp³-hybridized carbons (Fsp3) is 0.286. The number of nitro benzene ring substituents is 1. The van der Waals surface area contributed by atoms with E-state index in [2.05, 4.69) is 4.72 Å². The Kier molecular flexibility index (Phi) is 5.47. The van der Waals surface area contributed by atoms with Crippen molar-refractivity contribution < 1.29 is 13.3 Å². The minimum Gasteiger partial charge on any atom is -0.301 e. The van der Waals surface area contributed by atoms with Gasteiger partial charge in [0.25, 0.3) is 5.69 Å². The summed E-state index contributed by atoms with van der Waals surface area (Å²) in [6.07, 6.45) is 0.